The first-order chi connectivity index (χ1) is 7.93. The van der Waals surface area contributed by atoms with Crippen molar-refractivity contribution in [3.8, 4) is 0 Å². The summed E-state index contributed by atoms with van der Waals surface area (Å²) in [5, 5.41) is 14.4. The first-order valence-corrected chi connectivity index (χ1v) is 6.22. The van der Waals surface area contributed by atoms with Gasteiger partial charge in [-0.15, -0.1) is 0 Å². The molecule has 0 aromatic heterocycles. The minimum absolute atomic E-state index is 0.0809. The van der Waals surface area contributed by atoms with Crippen molar-refractivity contribution >= 4 is 12.0 Å². The highest BCUT2D eigenvalue weighted by Crippen LogP contribution is 2.28. The number of hydrogen-bond donors (Lipinski definition) is 3. The van der Waals surface area contributed by atoms with Crippen LogP contribution in [0.5, 0.6) is 0 Å². The van der Waals surface area contributed by atoms with Crippen LogP contribution < -0.4 is 10.6 Å². The van der Waals surface area contributed by atoms with Crippen LogP contribution in [-0.2, 0) is 4.79 Å². The third-order valence-electron chi connectivity index (χ3n) is 3.41. The SMILES string of the molecule is CC(CCNC(=O)NC1(C)CCCC1)C(=O)O. The van der Waals surface area contributed by atoms with Crippen molar-refractivity contribution in [3.63, 3.8) is 0 Å². The summed E-state index contributed by atoms with van der Waals surface area (Å²) >= 11 is 0. The third kappa shape index (κ3) is 4.63. The van der Waals surface area contributed by atoms with Gasteiger partial charge < -0.3 is 15.7 Å². The molecule has 1 atom stereocenters. The lowest BCUT2D eigenvalue weighted by Gasteiger charge is -2.25. The maximum Gasteiger partial charge on any atom is 0.315 e. The average Bonchev–Trinajstić information content (AvgIpc) is 2.64. The molecule has 5 heteroatoms. The Morgan fingerprint density at radius 1 is 1.35 bits per heavy atom. The summed E-state index contributed by atoms with van der Waals surface area (Å²) < 4.78 is 0. The lowest BCUT2D eigenvalue weighted by Crippen LogP contribution is -2.48. The molecule has 2 amide bonds. The van der Waals surface area contributed by atoms with Crippen LogP contribution in [-0.4, -0.2) is 29.2 Å². The summed E-state index contributed by atoms with van der Waals surface area (Å²) in [6.07, 6.45) is 4.82. The van der Waals surface area contributed by atoms with E-state index in [-0.39, 0.29) is 11.6 Å². The second-order valence-corrected chi connectivity index (χ2v) is 5.18. The molecule has 0 spiro atoms. The number of carboxylic acids is 1. The molecule has 1 unspecified atom stereocenters. The summed E-state index contributed by atoms with van der Waals surface area (Å²) in [6, 6.07) is -0.188. The number of aliphatic carboxylic acids is 1. The number of carbonyl (C=O) groups is 2. The molecular formula is C12H22N2O3. The number of nitrogens with one attached hydrogen (secondary N) is 2. The van der Waals surface area contributed by atoms with E-state index in [0.29, 0.717) is 13.0 Å². The van der Waals surface area contributed by atoms with E-state index in [1.807, 2.05) is 0 Å². The minimum Gasteiger partial charge on any atom is -0.481 e. The number of hydrogen-bond acceptors (Lipinski definition) is 2. The van der Waals surface area contributed by atoms with Gasteiger partial charge >= 0.3 is 12.0 Å². The normalized spacial score (nSPS) is 19.6. The zero-order valence-electron chi connectivity index (χ0n) is 10.6. The van der Waals surface area contributed by atoms with Crippen LogP contribution in [0.3, 0.4) is 0 Å². The van der Waals surface area contributed by atoms with Crippen LogP contribution >= 0.6 is 0 Å². The second-order valence-electron chi connectivity index (χ2n) is 5.18. The standard InChI is InChI=1S/C12H22N2O3/c1-9(10(15)16)5-8-13-11(17)14-12(2)6-3-4-7-12/h9H,3-8H2,1-2H3,(H,15,16)(H2,13,14,17). The molecule has 0 aliphatic heterocycles. The van der Waals surface area contributed by atoms with Gasteiger partial charge in [0.05, 0.1) is 5.92 Å². The highest BCUT2D eigenvalue weighted by atomic mass is 16.4. The van der Waals surface area contributed by atoms with Crippen molar-refractivity contribution in [1.82, 2.24) is 10.6 Å². The lowest BCUT2D eigenvalue weighted by atomic mass is 10.0. The van der Waals surface area contributed by atoms with Crippen LogP contribution in [0.2, 0.25) is 0 Å². The van der Waals surface area contributed by atoms with Gasteiger partial charge in [-0.2, -0.15) is 0 Å². The Bertz CT molecular complexity index is 285. The molecule has 1 saturated carbocycles. The third-order valence-corrected chi connectivity index (χ3v) is 3.41. The van der Waals surface area contributed by atoms with Gasteiger partial charge in [0.15, 0.2) is 0 Å². The van der Waals surface area contributed by atoms with E-state index < -0.39 is 11.9 Å². The van der Waals surface area contributed by atoms with Gasteiger partial charge in [-0.1, -0.05) is 19.8 Å². The zero-order valence-corrected chi connectivity index (χ0v) is 10.6. The van der Waals surface area contributed by atoms with E-state index in [2.05, 4.69) is 17.6 Å². The van der Waals surface area contributed by atoms with Crippen LogP contribution in [0, 0.1) is 5.92 Å². The Balaban J connectivity index is 2.19. The maximum atomic E-state index is 11.6. The molecule has 3 N–H and O–H groups in total. The maximum absolute atomic E-state index is 11.6. The Morgan fingerprint density at radius 3 is 2.47 bits per heavy atom. The molecule has 5 nitrogen and oxygen atoms in total. The van der Waals surface area contributed by atoms with E-state index in [0.717, 1.165) is 25.7 Å². The zero-order chi connectivity index (χ0) is 12.9. The first-order valence-electron chi connectivity index (χ1n) is 6.22. The number of carboxylic acid groups (broad SMARTS) is 1. The molecule has 1 aliphatic rings. The highest BCUT2D eigenvalue weighted by Gasteiger charge is 2.29. The smallest absolute Gasteiger partial charge is 0.315 e. The van der Waals surface area contributed by atoms with Gasteiger partial charge in [0.25, 0.3) is 0 Å². The quantitative estimate of drug-likeness (QED) is 0.687. The average molecular weight is 242 g/mol. The van der Waals surface area contributed by atoms with Crippen LogP contribution in [0.25, 0.3) is 0 Å². The fourth-order valence-corrected chi connectivity index (χ4v) is 2.12. The summed E-state index contributed by atoms with van der Waals surface area (Å²) in [6.45, 7) is 4.09. The Labute approximate surface area is 102 Å². The van der Waals surface area contributed by atoms with Crippen molar-refractivity contribution < 1.29 is 14.7 Å². The summed E-state index contributed by atoms with van der Waals surface area (Å²) in [7, 11) is 0. The van der Waals surface area contributed by atoms with E-state index in [1.54, 1.807) is 6.92 Å². The monoisotopic (exact) mass is 242 g/mol. The van der Waals surface area contributed by atoms with E-state index in [4.69, 9.17) is 5.11 Å². The molecular weight excluding hydrogens is 220 g/mol. The minimum atomic E-state index is -0.824. The number of amides is 2. The Morgan fingerprint density at radius 2 is 1.94 bits per heavy atom. The molecule has 1 rings (SSSR count). The van der Waals surface area contributed by atoms with Crippen molar-refractivity contribution in [2.24, 2.45) is 5.92 Å². The van der Waals surface area contributed by atoms with Crippen LogP contribution in [0.15, 0.2) is 0 Å². The summed E-state index contributed by atoms with van der Waals surface area (Å²) in [5.41, 5.74) is -0.0809. The molecule has 0 bridgehead atoms. The van der Waals surface area contributed by atoms with Crippen molar-refractivity contribution in [2.75, 3.05) is 6.54 Å². The predicted octanol–water partition coefficient (Wildman–Crippen LogP) is 1.73. The van der Waals surface area contributed by atoms with Crippen molar-refractivity contribution in [3.05, 3.63) is 0 Å². The molecule has 17 heavy (non-hydrogen) atoms. The lowest BCUT2D eigenvalue weighted by molar-refractivity contribution is -0.141. The summed E-state index contributed by atoms with van der Waals surface area (Å²) in [4.78, 5) is 22.2. The number of rotatable bonds is 5. The topological polar surface area (TPSA) is 78.4 Å². The van der Waals surface area contributed by atoms with Gasteiger partial charge in [0.1, 0.15) is 0 Å². The molecule has 0 saturated heterocycles. The van der Waals surface area contributed by atoms with E-state index in [1.165, 1.54) is 0 Å². The first kappa shape index (κ1) is 13.8. The fraction of sp³-hybridized carbons (Fsp3) is 0.833. The summed E-state index contributed by atoms with van der Waals surface area (Å²) in [5.74, 6) is -1.24. The van der Waals surface area contributed by atoms with Gasteiger partial charge in [0.2, 0.25) is 0 Å². The van der Waals surface area contributed by atoms with Crippen LogP contribution in [0.1, 0.15) is 46.0 Å². The molecule has 0 radical (unpaired) electrons. The molecule has 1 aliphatic carbocycles. The van der Waals surface area contributed by atoms with E-state index in [9.17, 15) is 9.59 Å². The highest BCUT2D eigenvalue weighted by molar-refractivity contribution is 5.75. The largest absolute Gasteiger partial charge is 0.481 e. The van der Waals surface area contributed by atoms with E-state index >= 15 is 0 Å². The Kier molecular flexibility index (Phi) is 4.78. The van der Waals surface area contributed by atoms with Crippen LogP contribution in [0.4, 0.5) is 4.79 Å². The van der Waals surface area contributed by atoms with Gasteiger partial charge in [-0.3, -0.25) is 4.79 Å². The number of carbonyl (C=O) groups excluding carboxylic acids is 1. The van der Waals surface area contributed by atoms with Crippen molar-refractivity contribution in [2.45, 2.75) is 51.5 Å². The van der Waals surface area contributed by atoms with Gasteiger partial charge in [0, 0.05) is 12.1 Å². The molecule has 98 valence electrons. The number of urea groups is 1. The molecule has 0 aromatic rings. The fourth-order valence-electron chi connectivity index (χ4n) is 2.12. The molecule has 0 aromatic carbocycles. The Hall–Kier alpha value is -1.26. The second kappa shape index (κ2) is 5.89. The predicted molar refractivity (Wildman–Crippen MR) is 64.8 cm³/mol. The molecule has 1 fully saturated rings. The molecule has 0 heterocycles. The van der Waals surface area contributed by atoms with Gasteiger partial charge in [-0.05, 0) is 26.2 Å². The van der Waals surface area contributed by atoms with Gasteiger partial charge in [-0.25, -0.2) is 4.79 Å². The van der Waals surface area contributed by atoms with Crippen molar-refractivity contribution in [1.29, 1.82) is 0 Å².